The largest absolute Gasteiger partial charge is 0.416 e. The molecule has 30 heavy (non-hydrogen) atoms. The first-order chi connectivity index (χ1) is 14.3. The van der Waals surface area contributed by atoms with Crippen LogP contribution in [0.2, 0.25) is 0 Å². The Kier molecular flexibility index (Phi) is 6.88. The van der Waals surface area contributed by atoms with Crippen LogP contribution in [-0.4, -0.2) is 18.0 Å². The molecule has 2 aromatic carbocycles. The van der Waals surface area contributed by atoms with Crippen molar-refractivity contribution in [2.75, 3.05) is 7.05 Å². The summed E-state index contributed by atoms with van der Waals surface area (Å²) in [6.45, 7) is 2.98. The zero-order valence-electron chi connectivity index (χ0n) is 17.6. The minimum absolute atomic E-state index is 0.233. The van der Waals surface area contributed by atoms with Gasteiger partial charge in [-0.15, -0.1) is 0 Å². The molecule has 2 unspecified atom stereocenters. The summed E-state index contributed by atoms with van der Waals surface area (Å²) in [5, 5.41) is 10.1. The van der Waals surface area contributed by atoms with Crippen molar-refractivity contribution in [3.63, 3.8) is 0 Å². The predicted molar refractivity (Wildman–Crippen MR) is 113 cm³/mol. The summed E-state index contributed by atoms with van der Waals surface area (Å²) in [6, 6.07) is 18.4. The lowest BCUT2D eigenvalue weighted by molar-refractivity contribution is -0.137. The van der Waals surface area contributed by atoms with Crippen LogP contribution < -0.4 is 0 Å². The Labute approximate surface area is 177 Å². The molecule has 0 amide bonds. The van der Waals surface area contributed by atoms with Gasteiger partial charge in [-0.2, -0.15) is 18.4 Å². The highest BCUT2D eigenvalue weighted by Crippen LogP contribution is 2.50. The van der Waals surface area contributed by atoms with E-state index in [1.165, 1.54) is 17.7 Å². The zero-order chi connectivity index (χ0) is 21.8. The Morgan fingerprint density at radius 3 is 2.13 bits per heavy atom. The average Bonchev–Trinajstić information content (AvgIpc) is 3.57. The molecule has 1 aliphatic carbocycles. The molecule has 0 spiro atoms. The molecule has 2 nitrogen and oxygen atoms in total. The second-order valence-corrected chi connectivity index (χ2v) is 8.43. The summed E-state index contributed by atoms with van der Waals surface area (Å²) in [5.41, 5.74) is 0.601. The van der Waals surface area contributed by atoms with E-state index in [2.05, 4.69) is 37.1 Å². The lowest BCUT2D eigenvalue weighted by Crippen LogP contribution is -2.34. The topological polar surface area (TPSA) is 27.0 Å². The van der Waals surface area contributed by atoms with Crippen molar-refractivity contribution < 1.29 is 13.2 Å². The number of nitrogens with zero attached hydrogens (tertiary/aromatic N) is 2. The minimum atomic E-state index is -4.36. The highest BCUT2D eigenvalue weighted by atomic mass is 19.4. The third-order valence-electron chi connectivity index (χ3n) is 6.44. The number of benzene rings is 2. The van der Waals surface area contributed by atoms with Crippen LogP contribution in [0.25, 0.3) is 0 Å². The normalized spacial score (nSPS) is 17.4. The fourth-order valence-corrected chi connectivity index (χ4v) is 4.46. The highest BCUT2D eigenvalue weighted by Gasteiger charge is 2.47. The van der Waals surface area contributed by atoms with Gasteiger partial charge in [0.2, 0.25) is 0 Å². The van der Waals surface area contributed by atoms with Gasteiger partial charge in [-0.05, 0) is 68.3 Å². The van der Waals surface area contributed by atoms with Gasteiger partial charge in [0.05, 0.1) is 17.0 Å². The molecular weight excluding hydrogens is 385 g/mol. The third kappa shape index (κ3) is 5.05. The highest BCUT2D eigenvalue weighted by molar-refractivity contribution is 5.38. The fraction of sp³-hybridized carbons (Fsp3) is 0.480. The average molecular weight is 415 g/mol. The molecule has 0 radical (unpaired) electrons. The molecule has 1 saturated carbocycles. The Morgan fingerprint density at radius 2 is 1.63 bits per heavy atom. The van der Waals surface area contributed by atoms with Crippen molar-refractivity contribution >= 4 is 0 Å². The molecule has 0 heterocycles. The van der Waals surface area contributed by atoms with Gasteiger partial charge in [-0.3, -0.25) is 4.90 Å². The number of halogens is 3. The predicted octanol–water partition coefficient (Wildman–Crippen LogP) is 6.57. The van der Waals surface area contributed by atoms with E-state index in [4.69, 9.17) is 0 Å². The minimum Gasteiger partial charge on any atom is -0.299 e. The first-order valence-electron chi connectivity index (χ1n) is 10.6. The third-order valence-corrected chi connectivity index (χ3v) is 6.44. The summed E-state index contributed by atoms with van der Waals surface area (Å²) >= 11 is 0. The molecule has 2 atom stereocenters. The van der Waals surface area contributed by atoms with Crippen LogP contribution in [-0.2, 0) is 18.1 Å². The van der Waals surface area contributed by atoms with Crippen LogP contribution in [0.5, 0.6) is 0 Å². The zero-order valence-corrected chi connectivity index (χ0v) is 17.6. The van der Waals surface area contributed by atoms with Crippen molar-refractivity contribution in [1.29, 1.82) is 5.26 Å². The summed E-state index contributed by atoms with van der Waals surface area (Å²) in [7, 11) is 2.10. The van der Waals surface area contributed by atoms with Crippen LogP contribution in [0.4, 0.5) is 13.2 Å². The van der Waals surface area contributed by atoms with Gasteiger partial charge >= 0.3 is 6.18 Å². The monoisotopic (exact) mass is 414 g/mol. The van der Waals surface area contributed by atoms with E-state index >= 15 is 0 Å². The standard InChI is InChI=1S/C25H29F3N2/c1-3-23(30(2)17-19-7-5-4-6-8-19)15-16-24(18-29,20-9-10-20)21-11-13-22(14-12-21)25(26,27)28/h4-8,11-14,20,23H,3,9-10,15-17H2,1-2H3. The molecule has 0 bridgehead atoms. The van der Waals surface area contributed by atoms with Crippen molar-refractivity contribution in [3.8, 4) is 6.07 Å². The van der Waals surface area contributed by atoms with Gasteiger partial charge in [0.15, 0.2) is 0 Å². The van der Waals surface area contributed by atoms with Gasteiger partial charge in [-0.1, -0.05) is 49.4 Å². The van der Waals surface area contributed by atoms with Crippen LogP contribution in [0.3, 0.4) is 0 Å². The van der Waals surface area contributed by atoms with Crippen molar-refractivity contribution in [3.05, 3.63) is 71.3 Å². The molecule has 2 aromatic rings. The molecule has 0 aliphatic heterocycles. The van der Waals surface area contributed by atoms with Crippen LogP contribution in [0.1, 0.15) is 55.7 Å². The Hall–Kier alpha value is -2.32. The van der Waals surface area contributed by atoms with Gasteiger partial charge in [0.1, 0.15) is 0 Å². The maximum atomic E-state index is 13.0. The van der Waals surface area contributed by atoms with Gasteiger partial charge in [-0.25, -0.2) is 0 Å². The summed E-state index contributed by atoms with van der Waals surface area (Å²) in [5.74, 6) is 0.233. The summed E-state index contributed by atoms with van der Waals surface area (Å²) in [4.78, 5) is 2.32. The molecule has 3 rings (SSSR count). The molecule has 1 aliphatic rings. The van der Waals surface area contributed by atoms with Crippen molar-refractivity contribution in [1.82, 2.24) is 4.90 Å². The van der Waals surface area contributed by atoms with Gasteiger partial charge in [0.25, 0.3) is 0 Å². The molecule has 160 valence electrons. The quantitative estimate of drug-likeness (QED) is 0.464. The van der Waals surface area contributed by atoms with E-state index in [9.17, 15) is 18.4 Å². The van der Waals surface area contributed by atoms with Crippen LogP contribution >= 0.6 is 0 Å². The molecular formula is C25H29F3N2. The van der Waals surface area contributed by atoms with Crippen LogP contribution in [0, 0.1) is 17.2 Å². The second-order valence-electron chi connectivity index (χ2n) is 8.43. The van der Waals surface area contributed by atoms with E-state index in [1.54, 1.807) is 0 Å². The molecule has 0 saturated heterocycles. The Morgan fingerprint density at radius 1 is 1.03 bits per heavy atom. The van der Waals surface area contributed by atoms with Gasteiger partial charge in [0, 0.05) is 12.6 Å². The summed E-state index contributed by atoms with van der Waals surface area (Å²) in [6.07, 6.45) is 0.0297. The van der Waals surface area contributed by atoms with Gasteiger partial charge < -0.3 is 0 Å². The number of nitriles is 1. The SMILES string of the molecule is CCC(CCC(C#N)(c1ccc(C(F)(F)F)cc1)C1CC1)N(C)Cc1ccccc1. The van der Waals surface area contributed by atoms with Crippen molar-refractivity contribution in [2.45, 2.75) is 63.2 Å². The second kappa shape index (κ2) is 9.22. The number of hydrogen-bond acceptors (Lipinski definition) is 2. The maximum absolute atomic E-state index is 13.0. The lowest BCUT2D eigenvalue weighted by Gasteiger charge is -2.33. The molecule has 0 aromatic heterocycles. The fourth-order valence-electron chi connectivity index (χ4n) is 4.46. The van der Waals surface area contributed by atoms with E-state index < -0.39 is 17.2 Å². The number of alkyl halides is 3. The molecule has 1 fully saturated rings. The molecule has 0 N–H and O–H groups in total. The van der Waals surface area contributed by atoms with Crippen molar-refractivity contribution in [2.24, 2.45) is 5.92 Å². The maximum Gasteiger partial charge on any atom is 0.416 e. The first-order valence-corrected chi connectivity index (χ1v) is 10.6. The lowest BCUT2D eigenvalue weighted by atomic mass is 9.72. The van der Waals surface area contributed by atoms with E-state index in [1.807, 2.05) is 18.2 Å². The van der Waals surface area contributed by atoms with Crippen LogP contribution in [0.15, 0.2) is 54.6 Å². The summed E-state index contributed by atoms with van der Waals surface area (Å²) < 4.78 is 38.9. The smallest absolute Gasteiger partial charge is 0.299 e. The Balaban J connectivity index is 1.75. The van der Waals surface area contributed by atoms with E-state index in [0.717, 1.165) is 49.9 Å². The molecule has 5 heteroatoms. The first kappa shape index (κ1) is 22.4. The van der Waals surface area contributed by atoms with E-state index in [-0.39, 0.29) is 5.92 Å². The number of hydrogen-bond donors (Lipinski definition) is 0. The Bertz CT molecular complexity index is 851. The number of rotatable bonds is 9. The van der Waals surface area contributed by atoms with E-state index in [0.29, 0.717) is 12.5 Å².